The molecule has 0 saturated heterocycles. The van der Waals surface area contributed by atoms with Crippen LogP contribution < -0.4 is 0 Å². The fourth-order valence-corrected chi connectivity index (χ4v) is 1.37. The van der Waals surface area contributed by atoms with Gasteiger partial charge >= 0.3 is 11.9 Å². The van der Waals surface area contributed by atoms with Crippen LogP contribution in [0.3, 0.4) is 0 Å². The molecule has 0 radical (unpaired) electrons. The summed E-state index contributed by atoms with van der Waals surface area (Å²) in [6.07, 6.45) is 1.91. The van der Waals surface area contributed by atoms with Crippen molar-refractivity contribution in [2.75, 3.05) is 0 Å². The predicted molar refractivity (Wildman–Crippen MR) is 59.1 cm³/mol. The summed E-state index contributed by atoms with van der Waals surface area (Å²) >= 11 is 0. The van der Waals surface area contributed by atoms with Crippen LogP contribution in [-0.4, -0.2) is 22.2 Å². The molecule has 0 unspecified atom stereocenters. The van der Waals surface area contributed by atoms with Crippen LogP contribution in [-0.2, 0) is 16.0 Å². The van der Waals surface area contributed by atoms with Crippen molar-refractivity contribution in [1.29, 1.82) is 0 Å². The predicted octanol–water partition coefficient (Wildman–Crippen LogP) is 1.80. The standard InChI is InChI=1S/C12H12O4/c1-2-8-5-3-4-6-9(8)7-10(11(13)14)12(15)16/h3-7H,2H2,1H3,(H,13,14)(H,15,16). The highest BCUT2D eigenvalue weighted by Gasteiger charge is 2.16. The van der Waals surface area contributed by atoms with Gasteiger partial charge < -0.3 is 10.2 Å². The molecule has 4 heteroatoms. The molecule has 0 amide bonds. The third kappa shape index (κ3) is 2.70. The molecule has 0 aliphatic rings. The van der Waals surface area contributed by atoms with E-state index in [4.69, 9.17) is 10.2 Å². The Bertz CT molecular complexity index is 430. The van der Waals surface area contributed by atoms with E-state index in [-0.39, 0.29) is 0 Å². The molecule has 2 N–H and O–H groups in total. The summed E-state index contributed by atoms with van der Waals surface area (Å²) < 4.78 is 0. The summed E-state index contributed by atoms with van der Waals surface area (Å²) in [6.45, 7) is 1.92. The Labute approximate surface area is 92.8 Å². The van der Waals surface area contributed by atoms with Gasteiger partial charge in [0.05, 0.1) is 0 Å². The number of rotatable bonds is 4. The van der Waals surface area contributed by atoms with Gasteiger partial charge in [-0.2, -0.15) is 0 Å². The number of carboxylic acids is 2. The summed E-state index contributed by atoms with van der Waals surface area (Å²) in [6, 6.07) is 7.11. The summed E-state index contributed by atoms with van der Waals surface area (Å²) in [4.78, 5) is 21.4. The van der Waals surface area contributed by atoms with Crippen molar-refractivity contribution in [3.8, 4) is 0 Å². The van der Waals surface area contributed by atoms with E-state index in [1.54, 1.807) is 12.1 Å². The molecule has 1 rings (SSSR count). The highest BCUT2D eigenvalue weighted by molar-refractivity contribution is 6.16. The van der Waals surface area contributed by atoms with Crippen LogP contribution in [0.4, 0.5) is 0 Å². The van der Waals surface area contributed by atoms with Gasteiger partial charge in [0.15, 0.2) is 0 Å². The first-order valence-corrected chi connectivity index (χ1v) is 4.82. The minimum Gasteiger partial charge on any atom is -0.477 e. The topological polar surface area (TPSA) is 74.6 Å². The SMILES string of the molecule is CCc1ccccc1C=C(C(=O)O)C(=O)O. The molecule has 16 heavy (non-hydrogen) atoms. The number of carboxylic acid groups (broad SMARTS) is 2. The van der Waals surface area contributed by atoms with Crippen LogP contribution in [0.5, 0.6) is 0 Å². The number of benzene rings is 1. The lowest BCUT2D eigenvalue weighted by atomic mass is 10.0. The zero-order chi connectivity index (χ0) is 12.1. The van der Waals surface area contributed by atoms with E-state index in [9.17, 15) is 9.59 Å². The molecule has 0 fully saturated rings. The van der Waals surface area contributed by atoms with Gasteiger partial charge in [0.2, 0.25) is 0 Å². The molecule has 0 bridgehead atoms. The average molecular weight is 220 g/mol. The van der Waals surface area contributed by atoms with E-state index in [1.807, 2.05) is 19.1 Å². The Morgan fingerprint density at radius 1 is 1.19 bits per heavy atom. The summed E-state index contributed by atoms with van der Waals surface area (Å²) in [5.74, 6) is -2.86. The van der Waals surface area contributed by atoms with Crippen molar-refractivity contribution in [3.05, 3.63) is 41.0 Å². The third-order valence-electron chi connectivity index (χ3n) is 2.20. The van der Waals surface area contributed by atoms with Crippen LogP contribution in [0.1, 0.15) is 18.1 Å². The molecule has 0 aromatic heterocycles. The van der Waals surface area contributed by atoms with Gasteiger partial charge in [-0.25, -0.2) is 9.59 Å². The Kier molecular flexibility index (Phi) is 3.83. The van der Waals surface area contributed by atoms with Crippen LogP contribution in [0.25, 0.3) is 6.08 Å². The third-order valence-corrected chi connectivity index (χ3v) is 2.20. The number of aliphatic carboxylic acids is 2. The average Bonchev–Trinajstić information content (AvgIpc) is 2.25. The minimum absolute atomic E-state index is 0.624. The zero-order valence-corrected chi connectivity index (χ0v) is 8.80. The van der Waals surface area contributed by atoms with E-state index < -0.39 is 17.5 Å². The Balaban J connectivity index is 3.23. The van der Waals surface area contributed by atoms with Crippen LogP contribution in [0.2, 0.25) is 0 Å². The number of aryl methyl sites for hydroxylation is 1. The number of carbonyl (C=O) groups is 2. The molecule has 1 aromatic rings. The molecule has 0 aliphatic carbocycles. The van der Waals surface area contributed by atoms with E-state index in [1.165, 1.54) is 6.08 Å². The van der Waals surface area contributed by atoms with E-state index in [0.717, 1.165) is 12.0 Å². The fourth-order valence-electron chi connectivity index (χ4n) is 1.37. The largest absolute Gasteiger partial charge is 0.477 e. The Hall–Kier alpha value is -2.10. The highest BCUT2D eigenvalue weighted by atomic mass is 16.4. The molecule has 0 heterocycles. The maximum Gasteiger partial charge on any atom is 0.343 e. The minimum atomic E-state index is -1.43. The van der Waals surface area contributed by atoms with E-state index in [2.05, 4.69) is 0 Å². The van der Waals surface area contributed by atoms with Crippen LogP contribution in [0.15, 0.2) is 29.8 Å². The van der Waals surface area contributed by atoms with Gasteiger partial charge in [-0.05, 0) is 23.6 Å². The van der Waals surface area contributed by atoms with Gasteiger partial charge in [-0.15, -0.1) is 0 Å². The first-order chi connectivity index (χ1) is 7.56. The first-order valence-electron chi connectivity index (χ1n) is 4.82. The molecule has 0 saturated carbocycles. The van der Waals surface area contributed by atoms with Gasteiger partial charge in [0.25, 0.3) is 0 Å². The highest BCUT2D eigenvalue weighted by Crippen LogP contribution is 2.14. The summed E-state index contributed by atoms with van der Waals surface area (Å²) in [5, 5.41) is 17.4. The number of hydrogen-bond donors (Lipinski definition) is 2. The second-order valence-corrected chi connectivity index (χ2v) is 3.22. The maximum absolute atomic E-state index is 10.7. The van der Waals surface area contributed by atoms with Gasteiger partial charge in [-0.1, -0.05) is 31.2 Å². The lowest BCUT2D eigenvalue weighted by Crippen LogP contribution is -2.11. The summed E-state index contributed by atoms with van der Waals surface area (Å²) in [7, 11) is 0. The maximum atomic E-state index is 10.7. The molecule has 0 atom stereocenters. The van der Waals surface area contributed by atoms with Crippen molar-refractivity contribution >= 4 is 18.0 Å². The van der Waals surface area contributed by atoms with Crippen molar-refractivity contribution < 1.29 is 19.8 Å². The van der Waals surface area contributed by atoms with Crippen molar-refractivity contribution in [3.63, 3.8) is 0 Å². The van der Waals surface area contributed by atoms with E-state index in [0.29, 0.717) is 5.56 Å². The molecule has 84 valence electrons. The first kappa shape index (κ1) is 12.0. The molecule has 4 nitrogen and oxygen atoms in total. The van der Waals surface area contributed by atoms with Crippen molar-refractivity contribution in [2.24, 2.45) is 0 Å². The zero-order valence-electron chi connectivity index (χ0n) is 8.80. The van der Waals surface area contributed by atoms with Gasteiger partial charge in [0.1, 0.15) is 5.57 Å². The quantitative estimate of drug-likeness (QED) is 0.461. The smallest absolute Gasteiger partial charge is 0.343 e. The van der Waals surface area contributed by atoms with Crippen molar-refractivity contribution in [2.45, 2.75) is 13.3 Å². The van der Waals surface area contributed by atoms with Gasteiger partial charge in [0, 0.05) is 0 Å². The molecule has 1 aromatic carbocycles. The Morgan fingerprint density at radius 3 is 2.25 bits per heavy atom. The van der Waals surface area contributed by atoms with Crippen molar-refractivity contribution in [1.82, 2.24) is 0 Å². The molecular weight excluding hydrogens is 208 g/mol. The molecule has 0 spiro atoms. The number of hydrogen-bond acceptors (Lipinski definition) is 2. The second-order valence-electron chi connectivity index (χ2n) is 3.22. The molecule has 0 aliphatic heterocycles. The van der Waals surface area contributed by atoms with Crippen LogP contribution in [0, 0.1) is 0 Å². The lowest BCUT2D eigenvalue weighted by molar-refractivity contribution is -0.139. The normalized spacial score (nSPS) is 9.56. The Morgan fingerprint density at radius 2 is 1.75 bits per heavy atom. The van der Waals surface area contributed by atoms with Crippen LogP contribution >= 0.6 is 0 Å². The fraction of sp³-hybridized carbons (Fsp3) is 0.167. The lowest BCUT2D eigenvalue weighted by Gasteiger charge is -2.03. The molecular formula is C12H12O4. The monoisotopic (exact) mass is 220 g/mol. The second kappa shape index (κ2) is 5.11. The van der Waals surface area contributed by atoms with Gasteiger partial charge in [-0.3, -0.25) is 0 Å². The van der Waals surface area contributed by atoms with E-state index >= 15 is 0 Å². The summed E-state index contributed by atoms with van der Waals surface area (Å²) in [5.41, 5.74) is 0.924.